The molecule has 0 spiro atoms. The Hall–Kier alpha value is -2.39. The van der Waals surface area contributed by atoms with Crippen LogP contribution in [0.5, 0.6) is 0 Å². The van der Waals surface area contributed by atoms with Crippen LogP contribution in [0.15, 0.2) is 55.1 Å². The highest BCUT2D eigenvalue weighted by Gasteiger charge is 2.18. The Bertz CT molecular complexity index is 642. The number of hydrogen-bond acceptors (Lipinski definition) is 2. The molecule has 3 N–H and O–H groups in total. The summed E-state index contributed by atoms with van der Waals surface area (Å²) in [5.41, 5.74) is 9.96. The van der Waals surface area contributed by atoms with Crippen LogP contribution in [0, 0.1) is 6.92 Å². The first-order chi connectivity index (χ1) is 10.5. The summed E-state index contributed by atoms with van der Waals surface area (Å²) in [4.78, 5) is 12.0. The second kappa shape index (κ2) is 7.05. The lowest BCUT2D eigenvalue weighted by Gasteiger charge is -2.21. The molecule has 22 heavy (non-hydrogen) atoms. The van der Waals surface area contributed by atoms with Gasteiger partial charge in [-0.25, -0.2) is 0 Å². The van der Waals surface area contributed by atoms with Gasteiger partial charge < -0.3 is 11.1 Å². The average Bonchev–Trinajstić information content (AvgIpc) is 2.53. The number of nitrogens with two attached hydrogens (primary N) is 1. The van der Waals surface area contributed by atoms with Gasteiger partial charge in [0.15, 0.2) is 0 Å². The number of nitrogens with one attached hydrogen (secondary N) is 1. The van der Waals surface area contributed by atoms with E-state index in [0.717, 1.165) is 16.7 Å². The largest absolute Gasteiger partial charge is 0.344 e. The second-order valence-corrected chi connectivity index (χ2v) is 5.51. The predicted molar refractivity (Wildman–Crippen MR) is 91.3 cm³/mol. The SMILES string of the molecule is C=Cc1ccc(C(NC(=O)[C@H](C)N)c2ccc(C)cc2)cc1. The van der Waals surface area contributed by atoms with Crippen molar-refractivity contribution in [3.63, 3.8) is 0 Å². The van der Waals surface area contributed by atoms with Gasteiger partial charge in [0.2, 0.25) is 5.91 Å². The third-order valence-corrected chi connectivity index (χ3v) is 3.62. The van der Waals surface area contributed by atoms with E-state index in [0.29, 0.717) is 0 Å². The maximum atomic E-state index is 12.0. The van der Waals surface area contributed by atoms with Crippen molar-refractivity contribution < 1.29 is 4.79 Å². The summed E-state index contributed by atoms with van der Waals surface area (Å²) in [6, 6.07) is 15.4. The van der Waals surface area contributed by atoms with Crippen LogP contribution in [0.4, 0.5) is 0 Å². The van der Waals surface area contributed by atoms with Crippen molar-refractivity contribution in [1.82, 2.24) is 5.32 Å². The van der Waals surface area contributed by atoms with E-state index in [9.17, 15) is 4.79 Å². The zero-order chi connectivity index (χ0) is 16.1. The van der Waals surface area contributed by atoms with Gasteiger partial charge >= 0.3 is 0 Å². The van der Waals surface area contributed by atoms with Crippen molar-refractivity contribution in [2.75, 3.05) is 0 Å². The monoisotopic (exact) mass is 294 g/mol. The van der Waals surface area contributed by atoms with Gasteiger partial charge in [0.25, 0.3) is 0 Å². The van der Waals surface area contributed by atoms with E-state index in [4.69, 9.17) is 5.73 Å². The van der Waals surface area contributed by atoms with Crippen molar-refractivity contribution >= 4 is 12.0 Å². The van der Waals surface area contributed by atoms with Gasteiger partial charge in [-0.1, -0.05) is 66.7 Å². The number of carbonyl (C=O) groups is 1. The van der Waals surface area contributed by atoms with Gasteiger partial charge in [-0.15, -0.1) is 0 Å². The first-order valence-corrected chi connectivity index (χ1v) is 7.36. The highest BCUT2D eigenvalue weighted by atomic mass is 16.2. The maximum absolute atomic E-state index is 12.0. The van der Waals surface area contributed by atoms with E-state index < -0.39 is 6.04 Å². The van der Waals surface area contributed by atoms with Crippen molar-refractivity contribution in [1.29, 1.82) is 0 Å². The van der Waals surface area contributed by atoms with Crippen molar-refractivity contribution in [2.24, 2.45) is 5.73 Å². The molecule has 3 nitrogen and oxygen atoms in total. The van der Waals surface area contributed by atoms with Crippen LogP contribution in [0.1, 0.15) is 35.2 Å². The van der Waals surface area contributed by atoms with Crippen LogP contribution in [-0.4, -0.2) is 11.9 Å². The molecule has 0 aromatic heterocycles. The van der Waals surface area contributed by atoms with Crippen LogP contribution in [0.25, 0.3) is 6.08 Å². The summed E-state index contributed by atoms with van der Waals surface area (Å²) in [6.07, 6.45) is 1.80. The standard InChI is InChI=1S/C19H22N2O/c1-4-15-7-11-17(12-8-15)18(21-19(22)14(3)20)16-9-5-13(2)6-10-16/h4-12,14,18H,1,20H2,2-3H3,(H,21,22)/t14-,18?/m0/s1. The molecule has 2 aromatic rings. The fourth-order valence-electron chi connectivity index (χ4n) is 2.22. The fraction of sp³-hybridized carbons (Fsp3) is 0.211. The highest BCUT2D eigenvalue weighted by molar-refractivity contribution is 5.81. The Morgan fingerprint density at radius 2 is 1.59 bits per heavy atom. The molecule has 1 amide bonds. The molecule has 0 radical (unpaired) electrons. The summed E-state index contributed by atoms with van der Waals surface area (Å²) in [5.74, 6) is -0.168. The minimum absolute atomic E-state index is 0.168. The lowest BCUT2D eigenvalue weighted by atomic mass is 9.96. The molecule has 0 heterocycles. The van der Waals surface area contributed by atoms with Crippen LogP contribution in [0.3, 0.4) is 0 Å². The predicted octanol–water partition coefficient (Wildman–Crippen LogP) is 3.19. The van der Waals surface area contributed by atoms with Gasteiger partial charge in [0, 0.05) is 0 Å². The summed E-state index contributed by atoms with van der Waals surface area (Å²) in [5, 5.41) is 3.02. The molecule has 2 aromatic carbocycles. The topological polar surface area (TPSA) is 55.1 Å². The van der Waals surface area contributed by atoms with E-state index in [1.54, 1.807) is 13.0 Å². The normalized spacial score (nSPS) is 13.2. The van der Waals surface area contributed by atoms with Crippen LogP contribution in [0.2, 0.25) is 0 Å². The summed E-state index contributed by atoms with van der Waals surface area (Å²) < 4.78 is 0. The molecule has 3 heteroatoms. The Kier molecular flexibility index (Phi) is 5.12. The summed E-state index contributed by atoms with van der Waals surface area (Å²) in [6.45, 7) is 7.48. The van der Waals surface area contributed by atoms with Gasteiger partial charge in [0.05, 0.1) is 12.1 Å². The molecule has 0 aliphatic carbocycles. The van der Waals surface area contributed by atoms with E-state index in [1.807, 2.05) is 55.5 Å². The molecule has 0 bridgehead atoms. The molecule has 0 aliphatic heterocycles. The van der Waals surface area contributed by atoms with Crippen LogP contribution >= 0.6 is 0 Å². The molecule has 0 saturated carbocycles. The zero-order valence-corrected chi connectivity index (χ0v) is 13.0. The Morgan fingerprint density at radius 3 is 2.05 bits per heavy atom. The molecule has 2 atom stereocenters. The molecule has 0 saturated heterocycles. The Morgan fingerprint density at radius 1 is 1.09 bits per heavy atom. The van der Waals surface area contributed by atoms with Crippen molar-refractivity contribution in [2.45, 2.75) is 25.9 Å². The molecular formula is C19H22N2O. The number of amides is 1. The van der Waals surface area contributed by atoms with Crippen LogP contribution in [-0.2, 0) is 4.79 Å². The smallest absolute Gasteiger partial charge is 0.237 e. The van der Waals surface area contributed by atoms with Gasteiger partial charge in [-0.05, 0) is 30.5 Å². The van der Waals surface area contributed by atoms with Gasteiger partial charge in [-0.2, -0.15) is 0 Å². The molecule has 114 valence electrons. The molecule has 0 fully saturated rings. The quantitative estimate of drug-likeness (QED) is 0.890. The van der Waals surface area contributed by atoms with Crippen molar-refractivity contribution in [3.8, 4) is 0 Å². The van der Waals surface area contributed by atoms with E-state index in [2.05, 4.69) is 11.9 Å². The first-order valence-electron chi connectivity index (χ1n) is 7.36. The fourth-order valence-corrected chi connectivity index (χ4v) is 2.22. The van der Waals surface area contributed by atoms with E-state index >= 15 is 0 Å². The minimum Gasteiger partial charge on any atom is -0.344 e. The van der Waals surface area contributed by atoms with Gasteiger partial charge in [0.1, 0.15) is 0 Å². The van der Waals surface area contributed by atoms with Crippen molar-refractivity contribution in [3.05, 3.63) is 77.4 Å². The third-order valence-electron chi connectivity index (χ3n) is 3.62. The molecule has 2 rings (SSSR count). The number of aryl methyl sites for hydroxylation is 1. The van der Waals surface area contributed by atoms with Gasteiger partial charge in [-0.3, -0.25) is 4.79 Å². The average molecular weight is 294 g/mol. The lowest BCUT2D eigenvalue weighted by molar-refractivity contribution is -0.122. The van der Waals surface area contributed by atoms with E-state index in [1.165, 1.54) is 5.56 Å². The van der Waals surface area contributed by atoms with E-state index in [-0.39, 0.29) is 11.9 Å². The Balaban J connectivity index is 2.37. The Labute approximate surface area is 131 Å². The zero-order valence-electron chi connectivity index (χ0n) is 13.0. The number of carbonyl (C=O) groups excluding carboxylic acids is 1. The minimum atomic E-state index is -0.541. The maximum Gasteiger partial charge on any atom is 0.237 e. The number of rotatable bonds is 5. The highest BCUT2D eigenvalue weighted by Crippen LogP contribution is 2.23. The molecule has 1 unspecified atom stereocenters. The molecular weight excluding hydrogens is 272 g/mol. The lowest BCUT2D eigenvalue weighted by Crippen LogP contribution is -2.40. The molecule has 0 aliphatic rings. The summed E-state index contributed by atoms with van der Waals surface area (Å²) in [7, 11) is 0. The van der Waals surface area contributed by atoms with Crippen LogP contribution < -0.4 is 11.1 Å². The number of benzene rings is 2. The third kappa shape index (κ3) is 3.83. The summed E-state index contributed by atoms with van der Waals surface area (Å²) >= 11 is 0. The first kappa shape index (κ1) is 16.0. The second-order valence-electron chi connectivity index (χ2n) is 5.51. The number of hydrogen-bond donors (Lipinski definition) is 2.